The first-order valence-electron chi connectivity index (χ1n) is 8.08. The van der Waals surface area contributed by atoms with Crippen molar-refractivity contribution >= 4 is 5.82 Å². The minimum absolute atomic E-state index is 0.233. The van der Waals surface area contributed by atoms with Crippen molar-refractivity contribution in [1.29, 1.82) is 5.26 Å². The van der Waals surface area contributed by atoms with Gasteiger partial charge in [-0.25, -0.2) is 4.98 Å². The van der Waals surface area contributed by atoms with E-state index in [1.807, 2.05) is 0 Å². The van der Waals surface area contributed by atoms with Gasteiger partial charge in [-0.2, -0.15) is 5.26 Å². The Labute approximate surface area is 133 Å². The summed E-state index contributed by atoms with van der Waals surface area (Å²) in [5.41, 5.74) is 3.74. The predicted molar refractivity (Wildman–Crippen MR) is 88.9 cm³/mol. The smallest absolute Gasteiger partial charge is 0.144 e. The number of anilines is 1. The van der Waals surface area contributed by atoms with Crippen molar-refractivity contribution in [3.63, 3.8) is 0 Å². The molecule has 0 spiro atoms. The molecule has 4 nitrogen and oxygen atoms in total. The summed E-state index contributed by atoms with van der Waals surface area (Å²) in [6, 6.07) is 2.37. The highest BCUT2D eigenvalue weighted by Crippen LogP contribution is 2.36. The number of ether oxygens (including phenoxy) is 1. The number of aromatic nitrogens is 1. The lowest BCUT2D eigenvalue weighted by molar-refractivity contribution is -0.0408. The summed E-state index contributed by atoms with van der Waals surface area (Å²) in [5, 5.41) is 13.0. The normalized spacial score (nSPS) is 16.5. The minimum atomic E-state index is -0.233. The SMILES string of the molecule is CC(C)CNc1nc(C(C)C)c2c(c1C#N)CC(C)(C)OC2. The van der Waals surface area contributed by atoms with E-state index in [4.69, 9.17) is 9.72 Å². The van der Waals surface area contributed by atoms with Gasteiger partial charge < -0.3 is 10.1 Å². The Hall–Kier alpha value is -1.60. The van der Waals surface area contributed by atoms with Crippen molar-refractivity contribution in [2.75, 3.05) is 11.9 Å². The van der Waals surface area contributed by atoms with E-state index >= 15 is 0 Å². The Morgan fingerprint density at radius 2 is 1.95 bits per heavy atom. The van der Waals surface area contributed by atoms with Gasteiger partial charge >= 0.3 is 0 Å². The van der Waals surface area contributed by atoms with Crippen LogP contribution in [-0.4, -0.2) is 17.1 Å². The number of pyridine rings is 1. The molecule has 2 rings (SSSR count). The molecular formula is C18H27N3O. The monoisotopic (exact) mass is 301 g/mol. The van der Waals surface area contributed by atoms with E-state index in [0.717, 1.165) is 35.6 Å². The Morgan fingerprint density at radius 1 is 1.27 bits per heavy atom. The third kappa shape index (κ3) is 3.41. The van der Waals surface area contributed by atoms with Gasteiger partial charge in [-0.1, -0.05) is 27.7 Å². The van der Waals surface area contributed by atoms with Crippen LogP contribution in [0.25, 0.3) is 0 Å². The van der Waals surface area contributed by atoms with Gasteiger partial charge in [-0.05, 0) is 31.2 Å². The van der Waals surface area contributed by atoms with E-state index in [-0.39, 0.29) is 5.60 Å². The number of fused-ring (bicyclic) bond motifs is 1. The summed E-state index contributed by atoms with van der Waals surface area (Å²) in [6.45, 7) is 14.1. The molecule has 0 fully saturated rings. The molecule has 0 atom stereocenters. The summed E-state index contributed by atoms with van der Waals surface area (Å²) >= 11 is 0. The molecule has 1 aliphatic rings. The van der Waals surface area contributed by atoms with E-state index in [1.165, 1.54) is 0 Å². The zero-order valence-corrected chi connectivity index (χ0v) is 14.6. The number of hydrogen-bond acceptors (Lipinski definition) is 4. The molecule has 0 radical (unpaired) electrons. The number of rotatable bonds is 4. The zero-order valence-electron chi connectivity index (χ0n) is 14.6. The first kappa shape index (κ1) is 16.8. The first-order valence-corrected chi connectivity index (χ1v) is 8.08. The maximum Gasteiger partial charge on any atom is 0.144 e. The highest BCUT2D eigenvalue weighted by Gasteiger charge is 2.32. The predicted octanol–water partition coefficient (Wildman–Crippen LogP) is 4.00. The van der Waals surface area contributed by atoms with Crippen molar-refractivity contribution in [3.8, 4) is 6.07 Å². The molecule has 1 aliphatic heterocycles. The molecule has 1 N–H and O–H groups in total. The second-order valence-corrected chi connectivity index (χ2v) is 7.44. The summed E-state index contributed by atoms with van der Waals surface area (Å²) in [5.74, 6) is 1.55. The lowest BCUT2D eigenvalue weighted by Gasteiger charge is -2.34. The van der Waals surface area contributed by atoms with Crippen molar-refractivity contribution in [2.24, 2.45) is 5.92 Å². The number of hydrogen-bond donors (Lipinski definition) is 1. The van der Waals surface area contributed by atoms with Crippen LogP contribution < -0.4 is 5.32 Å². The van der Waals surface area contributed by atoms with Crippen LogP contribution in [0.15, 0.2) is 0 Å². The fourth-order valence-electron chi connectivity index (χ4n) is 2.82. The van der Waals surface area contributed by atoms with Gasteiger partial charge in [0.1, 0.15) is 11.9 Å². The lowest BCUT2D eigenvalue weighted by Crippen LogP contribution is -2.34. The minimum Gasteiger partial charge on any atom is -0.370 e. The highest BCUT2D eigenvalue weighted by molar-refractivity contribution is 5.60. The van der Waals surface area contributed by atoms with Crippen LogP contribution in [0, 0.1) is 17.2 Å². The fourth-order valence-corrected chi connectivity index (χ4v) is 2.82. The number of nitrogens with zero attached hydrogens (tertiary/aromatic N) is 2. The molecule has 1 aromatic rings. The lowest BCUT2D eigenvalue weighted by atomic mass is 9.86. The van der Waals surface area contributed by atoms with Gasteiger partial charge in [0.2, 0.25) is 0 Å². The average molecular weight is 301 g/mol. The van der Waals surface area contributed by atoms with Crippen LogP contribution in [0.2, 0.25) is 0 Å². The standard InChI is InChI=1S/C18H27N3O/c1-11(2)9-20-17-14(8-19)13-7-18(5,6)22-10-15(13)16(21-17)12(3)4/h11-12H,7,9-10H2,1-6H3,(H,20,21). The largest absolute Gasteiger partial charge is 0.370 e. The molecule has 0 amide bonds. The van der Waals surface area contributed by atoms with Gasteiger partial charge in [0.05, 0.1) is 23.5 Å². The second kappa shape index (κ2) is 6.26. The van der Waals surface area contributed by atoms with Crippen molar-refractivity contribution in [1.82, 2.24) is 4.98 Å². The van der Waals surface area contributed by atoms with Crippen molar-refractivity contribution in [2.45, 2.75) is 66.1 Å². The van der Waals surface area contributed by atoms with Gasteiger partial charge in [0.15, 0.2) is 0 Å². The molecule has 0 saturated carbocycles. The van der Waals surface area contributed by atoms with Crippen LogP contribution in [0.4, 0.5) is 5.82 Å². The van der Waals surface area contributed by atoms with Gasteiger partial charge in [-0.15, -0.1) is 0 Å². The van der Waals surface area contributed by atoms with E-state index in [0.29, 0.717) is 24.0 Å². The summed E-state index contributed by atoms with van der Waals surface area (Å²) in [6.07, 6.45) is 0.754. The summed E-state index contributed by atoms with van der Waals surface area (Å²) < 4.78 is 5.95. The molecule has 2 heterocycles. The first-order chi connectivity index (χ1) is 10.2. The fraction of sp³-hybridized carbons (Fsp3) is 0.667. The zero-order chi connectivity index (χ0) is 16.5. The van der Waals surface area contributed by atoms with Gasteiger partial charge in [0, 0.05) is 18.5 Å². The molecule has 120 valence electrons. The molecule has 0 unspecified atom stereocenters. The Kier molecular flexibility index (Phi) is 4.77. The average Bonchev–Trinajstić information content (AvgIpc) is 2.42. The van der Waals surface area contributed by atoms with Gasteiger partial charge in [-0.3, -0.25) is 0 Å². The molecule has 4 heteroatoms. The van der Waals surface area contributed by atoms with Crippen molar-refractivity contribution < 1.29 is 4.74 Å². The molecule has 1 aromatic heterocycles. The maximum absolute atomic E-state index is 9.67. The topological polar surface area (TPSA) is 57.9 Å². The number of nitrogens with one attached hydrogen (secondary N) is 1. The molecule has 0 aliphatic carbocycles. The molecule has 22 heavy (non-hydrogen) atoms. The van der Waals surface area contributed by atoms with Gasteiger partial charge in [0.25, 0.3) is 0 Å². The quantitative estimate of drug-likeness (QED) is 0.913. The third-order valence-corrected chi connectivity index (χ3v) is 3.99. The molecule has 0 saturated heterocycles. The molecule has 0 aromatic carbocycles. The van der Waals surface area contributed by atoms with E-state index in [2.05, 4.69) is 52.9 Å². The Balaban J connectivity index is 2.57. The molecular weight excluding hydrogens is 274 g/mol. The summed E-state index contributed by atoms with van der Waals surface area (Å²) in [4.78, 5) is 4.76. The second-order valence-electron chi connectivity index (χ2n) is 7.44. The third-order valence-electron chi connectivity index (χ3n) is 3.99. The Bertz CT molecular complexity index is 597. The van der Waals surface area contributed by atoms with Crippen LogP contribution in [0.5, 0.6) is 0 Å². The summed E-state index contributed by atoms with van der Waals surface area (Å²) in [7, 11) is 0. The highest BCUT2D eigenvalue weighted by atomic mass is 16.5. The maximum atomic E-state index is 9.67. The van der Waals surface area contributed by atoms with Crippen LogP contribution >= 0.6 is 0 Å². The van der Waals surface area contributed by atoms with E-state index in [1.54, 1.807) is 0 Å². The molecule has 0 bridgehead atoms. The van der Waals surface area contributed by atoms with E-state index < -0.39 is 0 Å². The van der Waals surface area contributed by atoms with Crippen molar-refractivity contribution in [3.05, 3.63) is 22.4 Å². The van der Waals surface area contributed by atoms with E-state index in [9.17, 15) is 5.26 Å². The van der Waals surface area contributed by atoms with Crippen LogP contribution in [0.1, 0.15) is 69.8 Å². The van der Waals surface area contributed by atoms with Crippen LogP contribution in [-0.2, 0) is 17.8 Å². The number of nitriles is 1. The Morgan fingerprint density at radius 3 is 2.50 bits per heavy atom. The van der Waals surface area contributed by atoms with Crippen LogP contribution in [0.3, 0.4) is 0 Å².